The van der Waals surface area contributed by atoms with Crippen LogP contribution in [0.2, 0.25) is 0 Å². The SMILES string of the molecule is CC1CCC(Nc2ncc([N+](=O)[O-])s2)C1C. The van der Waals surface area contributed by atoms with E-state index in [-0.39, 0.29) is 5.00 Å². The zero-order valence-electron chi connectivity index (χ0n) is 9.34. The first-order valence-corrected chi connectivity index (χ1v) is 6.26. The van der Waals surface area contributed by atoms with E-state index in [1.54, 1.807) is 0 Å². The quantitative estimate of drug-likeness (QED) is 0.652. The van der Waals surface area contributed by atoms with Gasteiger partial charge in [-0.15, -0.1) is 0 Å². The third-order valence-electron chi connectivity index (χ3n) is 3.45. The van der Waals surface area contributed by atoms with Crippen LogP contribution in [-0.4, -0.2) is 15.9 Å². The summed E-state index contributed by atoms with van der Waals surface area (Å²) in [7, 11) is 0. The first-order valence-electron chi connectivity index (χ1n) is 5.44. The van der Waals surface area contributed by atoms with Crippen molar-refractivity contribution in [1.82, 2.24) is 4.98 Å². The van der Waals surface area contributed by atoms with Crippen LogP contribution in [0.25, 0.3) is 0 Å². The van der Waals surface area contributed by atoms with E-state index in [4.69, 9.17) is 0 Å². The van der Waals surface area contributed by atoms with E-state index in [0.29, 0.717) is 23.0 Å². The Bertz CT molecular complexity index is 393. The van der Waals surface area contributed by atoms with Crippen LogP contribution >= 0.6 is 11.3 Å². The second-order valence-corrected chi connectivity index (χ2v) is 5.43. The summed E-state index contributed by atoms with van der Waals surface area (Å²) in [5.74, 6) is 1.32. The van der Waals surface area contributed by atoms with Gasteiger partial charge in [-0.05, 0) is 36.0 Å². The molecule has 1 aromatic heterocycles. The van der Waals surface area contributed by atoms with Gasteiger partial charge in [-0.2, -0.15) is 0 Å². The van der Waals surface area contributed by atoms with Gasteiger partial charge in [0.05, 0.1) is 4.92 Å². The maximum atomic E-state index is 10.5. The number of nitro groups is 1. The molecule has 3 unspecified atom stereocenters. The summed E-state index contributed by atoms with van der Waals surface area (Å²) >= 11 is 1.11. The molecule has 0 bridgehead atoms. The Morgan fingerprint density at radius 2 is 2.31 bits per heavy atom. The number of anilines is 1. The molecule has 88 valence electrons. The zero-order valence-corrected chi connectivity index (χ0v) is 10.2. The Balaban J connectivity index is 2.01. The van der Waals surface area contributed by atoms with Gasteiger partial charge in [0, 0.05) is 6.04 Å². The van der Waals surface area contributed by atoms with Gasteiger partial charge in [-0.25, -0.2) is 4.98 Å². The number of nitrogens with zero attached hydrogens (tertiary/aromatic N) is 2. The number of thiazole rings is 1. The van der Waals surface area contributed by atoms with E-state index in [1.807, 2.05) is 0 Å². The van der Waals surface area contributed by atoms with Crippen molar-refractivity contribution in [3.05, 3.63) is 16.3 Å². The third kappa shape index (κ3) is 2.16. The first-order chi connectivity index (χ1) is 7.58. The molecular formula is C10H15N3O2S. The molecule has 0 saturated heterocycles. The van der Waals surface area contributed by atoms with Gasteiger partial charge in [0.15, 0.2) is 5.13 Å². The summed E-state index contributed by atoms with van der Waals surface area (Å²) in [6.07, 6.45) is 3.65. The molecule has 16 heavy (non-hydrogen) atoms. The van der Waals surface area contributed by atoms with Crippen molar-refractivity contribution in [1.29, 1.82) is 0 Å². The Morgan fingerprint density at radius 3 is 2.81 bits per heavy atom. The Labute approximate surface area is 98.0 Å². The number of aromatic nitrogens is 1. The smallest absolute Gasteiger partial charge is 0.345 e. The van der Waals surface area contributed by atoms with Crippen LogP contribution in [-0.2, 0) is 0 Å². The summed E-state index contributed by atoms with van der Waals surface area (Å²) in [6, 6.07) is 0.403. The summed E-state index contributed by atoms with van der Waals surface area (Å²) in [6.45, 7) is 4.47. The molecule has 1 heterocycles. The lowest BCUT2D eigenvalue weighted by Crippen LogP contribution is -2.23. The molecule has 0 amide bonds. The minimum absolute atomic E-state index is 0.0983. The molecule has 3 atom stereocenters. The average Bonchev–Trinajstić information content (AvgIpc) is 2.81. The standard InChI is InChI=1S/C10H15N3O2S/c1-6-3-4-8(7(6)2)12-10-11-5-9(16-10)13(14)15/h5-8H,3-4H2,1-2H3,(H,11,12). The molecule has 0 radical (unpaired) electrons. The van der Waals surface area contributed by atoms with Crippen molar-refractivity contribution in [2.24, 2.45) is 11.8 Å². The summed E-state index contributed by atoms with van der Waals surface area (Å²) in [4.78, 5) is 14.1. The maximum absolute atomic E-state index is 10.5. The Hall–Kier alpha value is -1.17. The molecule has 5 nitrogen and oxygen atoms in total. The van der Waals surface area contributed by atoms with E-state index >= 15 is 0 Å². The van der Waals surface area contributed by atoms with Crippen LogP contribution in [0.15, 0.2) is 6.20 Å². The van der Waals surface area contributed by atoms with Crippen molar-refractivity contribution in [3.8, 4) is 0 Å². The van der Waals surface area contributed by atoms with E-state index in [0.717, 1.165) is 17.8 Å². The van der Waals surface area contributed by atoms with Crippen molar-refractivity contribution in [2.75, 3.05) is 5.32 Å². The fourth-order valence-electron chi connectivity index (χ4n) is 2.14. The van der Waals surface area contributed by atoms with Gasteiger partial charge in [0.2, 0.25) is 0 Å². The summed E-state index contributed by atoms with van der Waals surface area (Å²) in [5, 5.41) is 14.6. The lowest BCUT2D eigenvalue weighted by atomic mass is 9.98. The molecule has 0 aliphatic heterocycles. The molecule has 0 aromatic carbocycles. The monoisotopic (exact) mass is 241 g/mol. The van der Waals surface area contributed by atoms with Crippen LogP contribution in [0.4, 0.5) is 10.1 Å². The molecule has 1 fully saturated rings. The highest BCUT2D eigenvalue weighted by molar-refractivity contribution is 7.18. The van der Waals surface area contributed by atoms with Gasteiger partial charge in [0.1, 0.15) is 6.20 Å². The molecule has 1 aromatic rings. The van der Waals surface area contributed by atoms with E-state index < -0.39 is 4.92 Å². The lowest BCUT2D eigenvalue weighted by Gasteiger charge is -2.18. The van der Waals surface area contributed by atoms with Crippen LogP contribution < -0.4 is 5.32 Å². The van der Waals surface area contributed by atoms with Gasteiger partial charge in [-0.3, -0.25) is 10.1 Å². The highest BCUT2D eigenvalue weighted by Gasteiger charge is 2.30. The highest BCUT2D eigenvalue weighted by atomic mass is 32.1. The highest BCUT2D eigenvalue weighted by Crippen LogP contribution is 2.34. The minimum atomic E-state index is -0.399. The first kappa shape index (κ1) is 11.3. The summed E-state index contributed by atoms with van der Waals surface area (Å²) < 4.78 is 0. The molecule has 0 spiro atoms. The third-order valence-corrected chi connectivity index (χ3v) is 4.33. The van der Waals surface area contributed by atoms with Crippen molar-refractivity contribution < 1.29 is 4.92 Å². The predicted octanol–water partition coefficient (Wildman–Crippen LogP) is 2.90. The van der Waals surface area contributed by atoms with Crippen molar-refractivity contribution >= 4 is 21.5 Å². The predicted molar refractivity (Wildman–Crippen MR) is 63.7 cm³/mol. The van der Waals surface area contributed by atoms with Gasteiger partial charge in [0.25, 0.3) is 0 Å². The number of rotatable bonds is 3. The second kappa shape index (κ2) is 4.37. The van der Waals surface area contributed by atoms with Crippen LogP contribution in [0.1, 0.15) is 26.7 Å². The zero-order chi connectivity index (χ0) is 11.7. The van der Waals surface area contributed by atoms with Crippen molar-refractivity contribution in [2.45, 2.75) is 32.7 Å². The number of nitrogens with one attached hydrogen (secondary N) is 1. The second-order valence-electron chi connectivity index (χ2n) is 4.43. The Morgan fingerprint density at radius 1 is 1.56 bits per heavy atom. The number of hydrogen-bond acceptors (Lipinski definition) is 5. The largest absolute Gasteiger partial charge is 0.358 e. The molecule has 6 heteroatoms. The molecule has 1 N–H and O–H groups in total. The maximum Gasteiger partial charge on any atom is 0.345 e. The van der Waals surface area contributed by atoms with E-state index in [1.165, 1.54) is 12.6 Å². The lowest BCUT2D eigenvalue weighted by molar-refractivity contribution is -0.380. The normalized spacial score (nSPS) is 29.2. The van der Waals surface area contributed by atoms with Crippen molar-refractivity contribution in [3.63, 3.8) is 0 Å². The molecule has 1 aliphatic carbocycles. The summed E-state index contributed by atoms with van der Waals surface area (Å²) in [5.41, 5.74) is 0. The van der Waals surface area contributed by atoms with Gasteiger partial charge in [-0.1, -0.05) is 13.8 Å². The van der Waals surface area contributed by atoms with Gasteiger partial charge >= 0.3 is 5.00 Å². The molecule has 1 saturated carbocycles. The van der Waals surface area contributed by atoms with E-state index in [9.17, 15) is 10.1 Å². The van der Waals surface area contributed by atoms with Crippen LogP contribution in [0.3, 0.4) is 0 Å². The fourth-order valence-corrected chi connectivity index (χ4v) is 2.84. The minimum Gasteiger partial charge on any atom is -0.358 e. The topological polar surface area (TPSA) is 68.1 Å². The Kier molecular flexibility index (Phi) is 3.09. The average molecular weight is 241 g/mol. The van der Waals surface area contributed by atoms with Crippen LogP contribution in [0.5, 0.6) is 0 Å². The fraction of sp³-hybridized carbons (Fsp3) is 0.700. The van der Waals surface area contributed by atoms with Crippen LogP contribution in [0, 0.1) is 22.0 Å². The number of hydrogen-bond donors (Lipinski definition) is 1. The molecule has 2 rings (SSSR count). The van der Waals surface area contributed by atoms with E-state index in [2.05, 4.69) is 24.1 Å². The van der Waals surface area contributed by atoms with Gasteiger partial charge < -0.3 is 5.32 Å². The molecule has 1 aliphatic rings. The molecular weight excluding hydrogens is 226 g/mol.